The van der Waals surface area contributed by atoms with E-state index in [0.29, 0.717) is 0 Å². The van der Waals surface area contributed by atoms with Crippen molar-refractivity contribution in [2.24, 2.45) is 5.41 Å². The van der Waals surface area contributed by atoms with Crippen LogP contribution in [-0.2, 0) is 0 Å². The van der Waals surface area contributed by atoms with Crippen LogP contribution >= 0.6 is 15.9 Å². The molecule has 0 nitrogen and oxygen atoms in total. The molecule has 0 radical (unpaired) electrons. The molecule has 0 aromatic rings. The molecule has 0 aromatic heterocycles. The quantitative estimate of drug-likeness (QED) is 0.536. The standard InChI is InChI=1S/C7H10BrF5/c1-5(2,4-8)3-6(9,10)7(11,12)13/h3-4H2,1-2H3. The van der Waals surface area contributed by atoms with Crippen LogP contribution in [0.3, 0.4) is 0 Å². The second kappa shape index (κ2) is 3.71. The summed E-state index contributed by atoms with van der Waals surface area (Å²) in [5.74, 6) is -4.61. The average Bonchev–Trinajstić information content (AvgIpc) is 1.83. The Balaban J connectivity index is 4.52. The molecule has 0 aliphatic carbocycles. The summed E-state index contributed by atoms with van der Waals surface area (Å²) in [6.07, 6.45) is -6.65. The van der Waals surface area contributed by atoms with Gasteiger partial charge in [0.2, 0.25) is 0 Å². The molecule has 0 bridgehead atoms. The normalized spacial score (nSPS) is 14.8. The smallest absolute Gasteiger partial charge is 0.196 e. The first-order valence-electron chi connectivity index (χ1n) is 3.52. The Morgan fingerprint density at radius 2 is 1.38 bits per heavy atom. The van der Waals surface area contributed by atoms with Crippen LogP contribution in [0.15, 0.2) is 0 Å². The third-order valence-corrected chi connectivity index (χ3v) is 3.00. The minimum absolute atomic E-state index is 0.103. The fraction of sp³-hybridized carbons (Fsp3) is 1.00. The maximum Gasteiger partial charge on any atom is 0.453 e. The van der Waals surface area contributed by atoms with E-state index in [1.807, 2.05) is 0 Å². The molecule has 0 spiro atoms. The van der Waals surface area contributed by atoms with Crippen molar-refractivity contribution in [2.45, 2.75) is 32.4 Å². The van der Waals surface area contributed by atoms with Crippen LogP contribution in [0.4, 0.5) is 22.0 Å². The molecule has 0 aliphatic heterocycles. The van der Waals surface area contributed by atoms with Crippen LogP contribution in [0.25, 0.3) is 0 Å². The van der Waals surface area contributed by atoms with Crippen LogP contribution in [-0.4, -0.2) is 17.4 Å². The van der Waals surface area contributed by atoms with Crippen molar-refractivity contribution < 1.29 is 22.0 Å². The number of hydrogen-bond acceptors (Lipinski definition) is 0. The van der Waals surface area contributed by atoms with Gasteiger partial charge in [-0.1, -0.05) is 29.8 Å². The molecular formula is C7H10BrF5. The second-order valence-electron chi connectivity index (χ2n) is 3.68. The van der Waals surface area contributed by atoms with E-state index in [-0.39, 0.29) is 5.33 Å². The van der Waals surface area contributed by atoms with Crippen molar-refractivity contribution in [1.29, 1.82) is 0 Å². The second-order valence-corrected chi connectivity index (χ2v) is 4.24. The van der Waals surface area contributed by atoms with Crippen molar-refractivity contribution in [3.05, 3.63) is 0 Å². The fourth-order valence-electron chi connectivity index (χ4n) is 0.748. The van der Waals surface area contributed by atoms with Gasteiger partial charge in [0.05, 0.1) is 0 Å². The van der Waals surface area contributed by atoms with Crippen molar-refractivity contribution in [3.8, 4) is 0 Å². The highest BCUT2D eigenvalue weighted by Gasteiger charge is 2.58. The van der Waals surface area contributed by atoms with Crippen LogP contribution < -0.4 is 0 Å². The summed E-state index contributed by atoms with van der Waals surface area (Å²) in [5, 5.41) is 0.103. The predicted octanol–water partition coefficient (Wildman–Crippen LogP) is 4.00. The summed E-state index contributed by atoms with van der Waals surface area (Å²) in [4.78, 5) is 0. The van der Waals surface area contributed by atoms with Gasteiger partial charge in [0.25, 0.3) is 0 Å². The van der Waals surface area contributed by atoms with Crippen LogP contribution in [0.2, 0.25) is 0 Å². The first kappa shape index (κ1) is 13.1. The first-order valence-corrected chi connectivity index (χ1v) is 4.64. The van der Waals surface area contributed by atoms with Gasteiger partial charge < -0.3 is 0 Å². The van der Waals surface area contributed by atoms with Crippen molar-refractivity contribution in [1.82, 2.24) is 0 Å². The van der Waals surface area contributed by atoms with Gasteiger partial charge in [0.15, 0.2) is 0 Å². The van der Waals surface area contributed by atoms with Crippen LogP contribution in [0.1, 0.15) is 20.3 Å². The molecule has 6 heteroatoms. The Labute approximate surface area is 81.6 Å². The SMILES string of the molecule is CC(C)(CBr)CC(F)(F)C(F)(F)F. The Bertz CT molecular complexity index is 172. The summed E-state index contributed by atoms with van der Waals surface area (Å²) in [5.41, 5.74) is -1.07. The monoisotopic (exact) mass is 268 g/mol. The Morgan fingerprint density at radius 3 is 1.62 bits per heavy atom. The lowest BCUT2D eigenvalue weighted by Crippen LogP contribution is -2.40. The molecule has 0 unspecified atom stereocenters. The molecule has 0 N–H and O–H groups in total. The van der Waals surface area contributed by atoms with Crippen molar-refractivity contribution >= 4 is 15.9 Å². The highest BCUT2D eigenvalue weighted by Crippen LogP contribution is 2.43. The lowest BCUT2D eigenvalue weighted by Gasteiger charge is -2.28. The molecule has 13 heavy (non-hydrogen) atoms. The largest absolute Gasteiger partial charge is 0.453 e. The lowest BCUT2D eigenvalue weighted by molar-refractivity contribution is -0.290. The van der Waals surface area contributed by atoms with Gasteiger partial charge in [0, 0.05) is 11.8 Å². The highest BCUT2D eigenvalue weighted by molar-refractivity contribution is 9.09. The van der Waals surface area contributed by atoms with Crippen LogP contribution in [0.5, 0.6) is 0 Å². The molecule has 0 saturated heterocycles. The van der Waals surface area contributed by atoms with Gasteiger partial charge in [-0.15, -0.1) is 0 Å². The number of hydrogen-bond donors (Lipinski definition) is 0. The van der Waals surface area contributed by atoms with Gasteiger partial charge >= 0.3 is 12.1 Å². The van der Waals surface area contributed by atoms with Gasteiger partial charge in [0.1, 0.15) is 0 Å². The topological polar surface area (TPSA) is 0 Å². The Morgan fingerprint density at radius 1 is 1.00 bits per heavy atom. The number of alkyl halides is 6. The number of rotatable bonds is 3. The molecule has 0 saturated carbocycles. The maximum atomic E-state index is 12.5. The van der Waals surface area contributed by atoms with Gasteiger partial charge in [-0.2, -0.15) is 22.0 Å². The first-order chi connectivity index (χ1) is 5.52. The number of halogens is 6. The highest BCUT2D eigenvalue weighted by atomic mass is 79.9. The molecule has 0 atom stereocenters. The molecule has 0 aromatic carbocycles. The van der Waals surface area contributed by atoms with Gasteiger partial charge in [-0.25, -0.2) is 0 Å². The van der Waals surface area contributed by atoms with E-state index in [1.54, 1.807) is 0 Å². The van der Waals surface area contributed by atoms with E-state index in [4.69, 9.17) is 0 Å². The molecule has 0 fully saturated rings. The fourth-order valence-corrected chi connectivity index (χ4v) is 0.947. The van der Waals surface area contributed by atoms with E-state index < -0.39 is 23.9 Å². The zero-order valence-electron chi connectivity index (χ0n) is 7.18. The molecule has 80 valence electrons. The zero-order chi connectivity index (χ0) is 10.9. The Hall–Kier alpha value is 0.130. The summed E-state index contributed by atoms with van der Waals surface area (Å²) < 4.78 is 60.1. The third kappa shape index (κ3) is 3.79. The summed E-state index contributed by atoms with van der Waals surface area (Å²) >= 11 is 2.89. The molecule has 0 amide bonds. The van der Waals surface area contributed by atoms with E-state index in [9.17, 15) is 22.0 Å². The van der Waals surface area contributed by atoms with Crippen molar-refractivity contribution in [3.63, 3.8) is 0 Å². The molecule has 0 aliphatic rings. The lowest BCUT2D eigenvalue weighted by atomic mass is 9.88. The molecular weight excluding hydrogens is 259 g/mol. The van der Waals surface area contributed by atoms with Crippen molar-refractivity contribution in [2.75, 3.05) is 5.33 Å². The van der Waals surface area contributed by atoms with E-state index in [2.05, 4.69) is 15.9 Å². The average molecular weight is 269 g/mol. The molecule has 0 heterocycles. The van der Waals surface area contributed by atoms with Gasteiger partial charge in [-0.05, 0) is 5.41 Å². The maximum absolute atomic E-state index is 12.5. The minimum atomic E-state index is -5.45. The van der Waals surface area contributed by atoms with Crippen LogP contribution in [0, 0.1) is 5.41 Å². The minimum Gasteiger partial charge on any atom is -0.196 e. The summed E-state index contributed by atoms with van der Waals surface area (Å²) in [6.45, 7) is 2.70. The summed E-state index contributed by atoms with van der Waals surface area (Å²) in [7, 11) is 0. The predicted molar refractivity (Wildman–Crippen MR) is 43.2 cm³/mol. The van der Waals surface area contributed by atoms with E-state index in [0.717, 1.165) is 0 Å². The third-order valence-electron chi connectivity index (χ3n) is 1.48. The Kier molecular flexibility index (Phi) is 3.75. The molecule has 0 rings (SSSR count). The summed E-state index contributed by atoms with van der Waals surface area (Å²) in [6, 6.07) is 0. The van der Waals surface area contributed by atoms with E-state index >= 15 is 0 Å². The zero-order valence-corrected chi connectivity index (χ0v) is 8.77. The van der Waals surface area contributed by atoms with Gasteiger partial charge in [-0.3, -0.25) is 0 Å². The van der Waals surface area contributed by atoms with E-state index in [1.165, 1.54) is 13.8 Å².